The Bertz CT molecular complexity index is 1040. The van der Waals surface area contributed by atoms with E-state index in [2.05, 4.69) is 45.4 Å². The Kier molecular flexibility index (Phi) is 6.96. The number of carboxylic acids is 1. The van der Waals surface area contributed by atoms with Crippen molar-refractivity contribution in [2.75, 3.05) is 6.54 Å². The zero-order valence-corrected chi connectivity index (χ0v) is 16.8. The van der Waals surface area contributed by atoms with Gasteiger partial charge in [0.15, 0.2) is 0 Å². The SMILES string of the molecule is Cc1ccc(CN2CCc3[nH]nc(C=Cc4ccccc4)c3C2)o1.O=C(O)C(F)(F)F. The molecule has 3 aromatic rings. The summed E-state index contributed by atoms with van der Waals surface area (Å²) in [6, 6.07) is 14.4. The van der Waals surface area contributed by atoms with Gasteiger partial charge in [-0.1, -0.05) is 36.4 Å². The third kappa shape index (κ3) is 6.32. The molecule has 4 rings (SSSR count). The van der Waals surface area contributed by atoms with Crippen molar-refractivity contribution in [1.82, 2.24) is 15.1 Å². The maximum atomic E-state index is 10.6. The molecule has 6 nitrogen and oxygen atoms in total. The van der Waals surface area contributed by atoms with E-state index in [0.717, 1.165) is 43.3 Å². The third-order valence-electron chi connectivity index (χ3n) is 4.70. The fraction of sp³-hybridized carbons (Fsp3) is 0.273. The normalized spacial score (nSPS) is 14.2. The van der Waals surface area contributed by atoms with Gasteiger partial charge in [0, 0.05) is 30.8 Å². The third-order valence-corrected chi connectivity index (χ3v) is 4.70. The first-order valence-corrected chi connectivity index (χ1v) is 9.59. The lowest BCUT2D eigenvalue weighted by Gasteiger charge is -2.25. The van der Waals surface area contributed by atoms with E-state index >= 15 is 0 Å². The number of fused-ring (bicyclic) bond motifs is 1. The number of alkyl halides is 3. The van der Waals surface area contributed by atoms with Crippen LogP contribution in [0.2, 0.25) is 0 Å². The van der Waals surface area contributed by atoms with Crippen LogP contribution >= 0.6 is 0 Å². The van der Waals surface area contributed by atoms with Gasteiger partial charge in [-0.3, -0.25) is 10.00 Å². The Morgan fingerprint density at radius 1 is 1.23 bits per heavy atom. The van der Waals surface area contributed by atoms with E-state index in [4.69, 9.17) is 14.3 Å². The van der Waals surface area contributed by atoms with Crippen molar-refractivity contribution in [3.05, 3.63) is 76.5 Å². The average molecular weight is 433 g/mol. The van der Waals surface area contributed by atoms with E-state index in [1.807, 2.05) is 31.2 Å². The Morgan fingerprint density at radius 3 is 2.55 bits per heavy atom. The molecule has 1 aromatic carbocycles. The van der Waals surface area contributed by atoms with Crippen LogP contribution in [-0.2, 0) is 24.3 Å². The highest BCUT2D eigenvalue weighted by Gasteiger charge is 2.38. The lowest BCUT2D eigenvalue weighted by Crippen LogP contribution is -2.29. The highest BCUT2D eigenvalue weighted by atomic mass is 19.4. The topological polar surface area (TPSA) is 82.4 Å². The number of halogens is 3. The first kappa shape index (κ1) is 22.4. The van der Waals surface area contributed by atoms with Crippen molar-refractivity contribution in [3.63, 3.8) is 0 Å². The highest BCUT2D eigenvalue weighted by molar-refractivity contribution is 5.73. The van der Waals surface area contributed by atoms with Crippen LogP contribution in [0.5, 0.6) is 0 Å². The van der Waals surface area contributed by atoms with E-state index < -0.39 is 12.1 Å². The molecule has 0 fully saturated rings. The fourth-order valence-corrected chi connectivity index (χ4v) is 3.18. The molecule has 31 heavy (non-hydrogen) atoms. The average Bonchev–Trinajstić information content (AvgIpc) is 3.32. The second kappa shape index (κ2) is 9.65. The van der Waals surface area contributed by atoms with Crippen molar-refractivity contribution in [1.29, 1.82) is 0 Å². The summed E-state index contributed by atoms with van der Waals surface area (Å²) in [7, 11) is 0. The number of benzene rings is 1. The molecule has 164 valence electrons. The van der Waals surface area contributed by atoms with Crippen LogP contribution in [-0.4, -0.2) is 38.9 Å². The number of hydrogen-bond donors (Lipinski definition) is 2. The standard InChI is InChI=1S/C20H21N3O.C2HF3O2/c1-15-7-9-17(24-15)13-23-12-11-20-18(14-23)19(21-22-20)10-8-16-5-3-2-4-6-16;3-2(4,5)1(6)7/h2-10H,11-14H2,1H3,(H,21,22);(H,6,7). The number of hydrogen-bond acceptors (Lipinski definition) is 4. The molecule has 1 aliphatic heterocycles. The number of H-pyrrole nitrogens is 1. The summed E-state index contributed by atoms with van der Waals surface area (Å²) in [5, 5.41) is 14.8. The van der Waals surface area contributed by atoms with Gasteiger partial charge in [-0.15, -0.1) is 0 Å². The number of aliphatic carboxylic acids is 1. The summed E-state index contributed by atoms with van der Waals surface area (Å²) < 4.78 is 37.4. The summed E-state index contributed by atoms with van der Waals surface area (Å²) in [5.74, 6) is -0.759. The maximum Gasteiger partial charge on any atom is 0.490 e. The van der Waals surface area contributed by atoms with Gasteiger partial charge in [0.2, 0.25) is 0 Å². The molecule has 2 N–H and O–H groups in total. The minimum Gasteiger partial charge on any atom is -0.475 e. The first-order chi connectivity index (χ1) is 14.7. The molecule has 0 aliphatic carbocycles. The monoisotopic (exact) mass is 433 g/mol. The summed E-state index contributed by atoms with van der Waals surface area (Å²) in [6.45, 7) is 4.76. The second-order valence-electron chi connectivity index (χ2n) is 7.09. The van der Waals surface area contributed by atoms with Gasteiger partial charge in [0.25, 0.3) is 0 Å². The molecule has 1 aliphatic rings. The maximum absolute atomic E-state index is 10.6. The van der Waals surface area contributed by atoms with Crippen LogP contribution in [0.3, 0.4) is 0 Å². The van der Waals surface area contributed by atoms with Gasteiger partial charge in [-0.05, 0) is 30.7 Å². The molecule has 0 spiro atoms. The summed E-state index contributed by atoms with van der Waals surface area (Å²) in [6.07, 6.45) is 0.137. The molecule has 0 saturated carbocycles. The molecule has 3 heterocycles. The Hall–Kier alpha value is -3.33. The molecule has 2 aromatic heterocycles. The van der Waals surface area contributed by atoms with Crippen LogP contribution in [0.25, 0.3) is 12.2 Å². The van der Waals surface area contributed by atoms with Gasteiger partial charge >= 0.3 is 12.1 Å². The molecule has 0 atom stereocenters. The van der Waals surface area contributed by atoms with Gasteiger partial charge in [-0.2, -0.15) is 18.3 Å². The number of aromatic nitrogens is 2. The largest absolute Gasteiger partial charge is 0.490 e. The van der Waals surface area contributed by atoms with Crippen LogP contribution in [0, 0.1) is 6.92 Å². The molecule has 0 amide bonds. The van der Waals surface area contributed by atoms with E-state index in [1.165, 1.54) is 16.8 Å². The van der Waals surface area contributed by atoms with Crippen LogP contribution in [0.4, 0.5) is 13.2 Å². The number of aryl methyl sites for hydroxylation is 1. The lowest BCUT2D eigenvalue weighted by atomic mass is 10.0. The smallest absolute Gasteiger partial charge is 0.475 e. The van der Waals surface area contributed by atoms with E-state index in [-0.39, 0.29) is 0 Å². The number of rotatable bonds is 4. The van der Waals surface area contributed by atoms with Crippen molar-refractivity contribution in [3.8, 4) is 0 Å². The molecular weight excluding hydrogens is 411 g/mol. The molecule has 0 saturated heterocycles. The van der Waals surface area contributed by atoms with Gasteiger partial charge in [-0.25, -0.2) is 4.79 Å². The zero-order chi connectivity index (χ0) is 22.4. The first-order valence-electron chi connectivity index (χ1n) is 9.59. The number of furan rings is 1. The predicted molar refractivity (Wildman–Crippen MR) is 109 cm³/mol. The van der Waals surface area contributed by atoms with E-state index in [9.17, 15) is 13.2 Å². The van der Waals surface area contributed by atoms with Gasteiger partial charge in [0.05, 0.1) is 12.2 Å². The molecular formula is C22H22F3N3O3. The summed E-state index contributed by atoms with van der Waals surface area (Å²) in [4.78, 5) is 11.3. The molecule has 0 radical (unpaired) electrons. The number of aromatic amines is 1. The van der Waals surface area contributed by atoms with Crippen LogP contribution < -0.4 is 0 Å². The fourth-order valence-electron chi connectivity index (χ4n) is 3.18. The quantitative estimate of drug-likeness (QED) is 0.625. The van der Waals surface area contributed by atoms with Crippen molar-refractivity contribution in [2.24, 2.45) is 0 Å². The number of carbonyl (C=O) groups is 1. The molecule has 0 bridgehead atoms. The van der Waals surface area contributed by atoms with Crippen LogP contribution in [0.15, 0.2) is 46.9 Å². The van der Waals surface area contributed by atoms with Crippen LogP contribution in [0.1, 0.15) is 34.0 Å². The second-order valence-corrected chi connectivity index (χ2v) is 7.09. The molecule has 9 heteroatoms. The molecule has 0 unspecified atom stereocenters. The zero-order valence-electron chi connectivity index (χ0n) is 16.8. The summed E-state index contributed by atoms with van der Waals surface area (Å²) >= 11 is 0. The van der Waals surface area contributed by atoms with Gasteiger partial charge < -0.3 is 9.52 Å². The van der Waals surface area contributed by atoms with Crippen molar-refractivity contribution < 1.29 is 27.5 Å². The highest BCUT2D eigenvalue weighted by Crippen LogP contribution is 2.23. The number of nitrogens with zero attached hydrogens (tertiary/aromatic N) is 2. The number of carboxylic acid groups (broad SMARTS) is 1. The van der Waals surface area contributed by atoms with Gasteiger partial charge in [0.1, 0.15) is 11.5 Å². The van der Waals surface area contributed by atoms with Crippen molar-refractivity contribution in [2.45, 2.75) is 32.6 Å². The predicted octanol–water partition coefficient (Wildman–Crippen LogP) is 4.67. The Balaban J connectivity index is 0.000000339. The Morgan fingerprint density at radius 2 is 1.94 bits per heavy atom. The number of nitrogens with one attached hydrogen (secondary N) is 1. The summed E-state index contributed by atoms with van der Waals surface area (Å²) in [5.41, 5.74) is 4.79. The van der Waals surface area contributed by atoms with Crippen molar-refractivity contribution >= 4 is 18.1 Å². The minimum absolute atomic E-state index is 0.848. The Labute approximate surface area is 177 Å². The lowest BCUT2D eigenvalue weighted by molar-refractivity contribution is -0.192. The van der Waals surface area contributed by atoms with E-state index in [1.54, 1.807) is 0 Å². The minimum atomic E-state index is -5.08. The van der Waals surface area contributed by atoms with E-state index in [0.29, 0.717) is 0 Å².